The number of ether oxygens (including phenoxy) is 1. The molecule has 50 heavy (non-hydrogen) atoms. The lowest BCUT2D eigenvalue weighted by molar-refractivity contribution is 0.373. The number of hydrogen-bond acceptors (Lipinski definition) is 8. The van der Waals surface area contributed by atoms with Crippen LogP contribution in [0.3, 0.4) is 0 Å². The minimum absolute atomic E-state index is 0.232. The lowest BCUT2D eigenvalue weighted by Gasteiger charge is -2.25. The van der Waals surface area contributed by atoms with E-state index in [0.717, 1.165) is 22.3 Å². The van der Waals surface area contributed by atoms with Crippen molar-refractivity contribution >= 4 is 74.8 Å². The Kier molecular flexibility index (Phi) is 6.74. The Labute approximate surface area is 289 Å². The molecule has 0 aliphatic carbocycles. The molecule has 7 aromatic rings. The highest BCUT2D eigenvalue weighted by molar-refractivity contribution is 6.56. The van der Waals surface area contributed by atoms with Crippen LogP contribution in [0.15, 0.2) is 78.9 Å². The molecule has 0 fully saturated rings. The maximum Gasteiger partial charge on any atom is 0.200 e. The van der Waals surface area contributed by atoms with Crippen molar-refractivity contribution in [2.75, 3.05) is 0 Å². The lowest BCUT2D eigenvalue weighted by atomic mass is 9.70. The van der Waals surface area contributed by atoms with Crippen LogP contribution in [-0.2, 0) is 0 Å². The first-order valence-corrected chi connectivity index (χ1v) is 15.2. The normalized spacial score (nSPS) is 11.8. The molecule has 0 atom stereocenters. The molecule has 0 spiro atoms. The molecule has 0 unspecified atom stereocenters. The van der Waals surface area contributed by atoms with Gasteiger partial charge in [0.1, 0.15) is 54.4 Å². The summed E-state index contributed by atoms with van der Waals surface area (Å²) >= 11 is 0. The molecule has 1 heterocycles. The van der Waals surface area contributed by atoms with Crippen LogP contribution in [0.4, 0.5) is 0 Å². The van der Waals surface area contributed by atoms with Crippen molar-refractivity contribution in [3.05, 3.63) is 78.9 Å². The van der Waals surface area contributed by atoms with Crippen LogP contribution in [0, 0.1) is 0 Å². The van der Waals surface area contributed by atoms with E-state index >= 15 is 0 Å². The van der Waals surface area contributed by atoms with Crippen molar-refractivity contribution in [3.8, 4) is 96.3 Å². The third kappa shape index (κ3) is 4.11. The Morgan fingerprint density at radius 3 is 1.76 bits per heavy atom. The molecule has 12 heteroatoms. The second kappa shape index (κ2) is 10.9. The summed E-state index contributed by atoms with van der Waals surface area (Å²) in [6.07, 6.45) is 0. The van der Waals surface area contributed by atoms with E-state index in [1.807, 2.05) is 54.6 Å². The van der Waals surface area contributed by atoms with Crippen molar-refractivity contribution in [1.82, 2.24) is 0 Å². The minimum atomic E-state index is -1.05. The predicted molar refractivity (Wildman–Crippen MR) is 196 cm³/mol. The zero-order chi connectivity index (χ0) is 35.3. The SMILES string of the molecule is [B]c1c(O)c(-c2ccc3c4c(cccc24)Oc2cc(-c4ccccc4)ccc2-3)c(O)c(O)c1-c1c([B])c(O)c([B])c2c([B])c(O)c(O)c(O)c12. The standard InChI is InChI=1S/C38H20B4O8/c39-28-24(25-26(29(40)36(28)47)30(41)37(48)38(49)34(25)45)27-31(42)32(43)23(33(44)35(27)46)19-12-11-18-16-10-9-15(14-5-2-1-3-6-14)13-21(16)50-20-8-4-7-17(19)22(18)20/h1-13,43-49H. The maximum absolute atomic E-state index is 11.6. The van der Waals surface area contributed by atoms with Gasteiger partial charge in [0.05, 0.1) is 5.56 Å². The Bertz CT molecular complexity index is 2600. The summed E-state index contributed by atoms with van der Waals surface area (Å²) in [7, 11) is 24.7. The number of hydrogen-bond donors (Lipinski definition) is 7. The molecule has 0 aromatic heterocycles. The average Bonchev–Trinajstić information content (AvgIpc) is 3.13. The van der Waals surface area contributed by atoms with Gasteiger partial charge in [0.25, 0.3) is 0 Å². The van der Waals surface area contributed by atoms with E-state index in [1.54, 1.807) is 24.3 Å². The summed E-state index contributed by atoms with van der Waals surface area (Å²) < 4.78 is 6.38. The Morgan fingerprint density at radius 2 is 1.02 bits per heavy atom. The van der Waals surface area contributed by atoms with Gasteiger partial charge in [-0.3, -0.25) is 0 Å². The average molecular weight is 648 g/mol. The topological polar surface area (TPSA) is 151 Å². The van der Waals surface area contributed by atoms with E-state index in [2.05, 4.69) is 0 Å². The molecule has 0 amide bonds. The molecule has 0 bridgehead atoms. The molecule has 1 aliphatic heterocycles. The fraction of sp³-hybridized carbons (Fsp3) is 0. The van der Waals surface area contributed by atoms with Gasteiger partial charge in [-0.2, -0.15) is 0 Å². The van der Waals surface area contributed by atoms with Crippen LogP contribution < -0.4 is 26.6 Å². The van der Waals surface area contributed by atoms with Crippen LogP contribution in [-0.4, -0.2) is 67.1 Å². The highest BCUT2D eigenvalue weighted by Gasteiger charge is 2.31. The summed E-state index contributed by atoms with van der Waals surface area (Å²) in [6, 6.07) is 24.6. The molecule has 7 aromatic carbocycles. The van der Waals surface area contributed by atoms with E-state index in [0.29, 0.717) is 22.3 Å². The van der Waals surface area contributed by atoms with Gasteiger partial charge in [0, 0.05) is 21.9 Å². The quantitative estimate of drug-likeness (QED) is 0.0868. The van der Waals surface area contributed by atoms with E-state index < -0.39 is 78.6 Å². The van der Waals surface area contributed by atoms with Crippen molar-refractivity contribution in [2.24, 2.45) is 0 Å². The van der Waals surface area contributed by atoms with Gasteiger partial charge in [0.15, 0.2) is 28.7 Å². The Balaban J connectivity index is 1.36. The van der Waals surface area contributed by atoms with Crippen molar-refractivity contribution in [2.45, 2.75) is 0 Å². The van der Waals surface area contributed by atoms with E-state index in [4.69, 9.17) is 36.1 Å². The van der Waals surface area contributed by atoms with Gasteiger partial charge in [-0.25, -0.2) is 0 Å². The van der Waals surface area contributed by atoms with Crippen molar-refractivity contribution in [1.29, 1.82) is 0 Å². The van der Waals surface area contributed by atoms with Gasteiger partial charge in [-0.05, 0) is 78.6 Å². The third-order valence-corrected chi connectivity index (χ3v) is 9.34. The summed E-state index contributed by atoms with van der Waals surface area (Å²) in [5, 5.41) is 77.7. The van der Waals surface area contributed by atoms with Gasteiger partial charge in [0.2, 0.25) is 0 Å². The number of rotatable bonds is 3. The van der Waals surface area contributed by atoms with Crippen LogP contribution in [0.2, 0.25) is 0 Å². The molecular formula is C38H20B4O8. The Morgan fingerprint density at radius 1 is 0.380 bits per heavy atom. The van der Waals surface area contributed by atoms with Crippen LogP contribution in [0.25, 0.3) is 66.1 Å². The van der Waals surface area contributed by atoms with Crippen LogP contribution in [0.1, 0.15) is 0 Å². The van der Waals surface area contributed by atoms with Crippen molar-refractivity contribution in [3.63, 3.8) is 0 Å². The largest absolute Gasteiger partial charge is 0.509 e. The maximum atomic E-state index is 11.6. The molecule has 0 saturated heterocycles. The zero-order valence-electron chi connectivity index (χ0n) is 25.9. The number of phenolic OH excluding ortho intramolecular Hbond substituents is 7. The highest BCUT2D eigenvalue weighted by atomic mass is 16.5. The van der Waals surface area contributed by atoms with E-state index in [1.165, 1.54) is 0 Å². The predicted octanol–water partition coefficient (Wildman–Crippen LogP) is 3.88. The summed E-state index contributed by atoms with van der Waals surface area (Å²) in [4.78, 5) is 0. The second-order valence-electron chi connectivity index (χ2n) is 12.0. The van der Waals surface area contributed by atoms with Crippen molar-refractivity contribution < 1.29 is 40.5 Å². The van der Waals surface area contributed by atoms with Crippen LogP contribution >= 0.6 is 0 Å². The molecule has 0 saturated carbocycles. The lowest BCUT2D eigenvalue weighted by Crippen LogP contribution is -2.25. The molecule has 1 aliphatic rings. The third-order valence-electron chi connectivity index (χ3n) is 9.34. The summed E-state index contributed by atoms with van der Waals surface area (Å²) in [6.45, 7) is 0. The monoisotopic (exact) mass is 648 g/mol. The van der Waals surface area contributed by atoms with Gasteiger partial charge in [-0.15, -0.1) is 0 Å². The Hall–Kier alpha value is -6.28. The van der Waals surface area contributed by atoms with Gasteiger partial charge >= 0.3 is 0 Å². The fourth-order valence-electron chi connectivity index (χ4n) is 6.93. The molecular weight excluding hydrogens is 628 g/mol. The number of benzene rings is 7. The van der Waals surface area contributed by atoms with Gasteiger partial charge in [-0.1, -0.05) is 60.7 Å². The number of aromatic hydroxyl groups is 7. The first kappa shape index (κ1) is 31.0. The molecule has 8 rings (SSSR count). The minimum Gasteiger partial charge on any atom is -0.509 e. The summed E-state index contributed by atoms with van der Waals surface area (Å²) in [5.41, 5.74) is 0.707. The second-order valence-corrected chi connectivity index (χ2v) is 12.0. The molecule has 8 nitrogen and oxygen atoms in total. The zero-order valence-corrected chi connectivity index (χ0v) is 25.9. The molecule has 232 valence electrons. The summed E-state index contributed by atoms with van der Waals surface area (Å²) in [5.74, 6) is -4.93. The van der Waals surface area contributed by atoms with E-state index in [9.17, 15) is 35.7 Å². The first-order valence-electron chi connectivity index (χ1n) is 15.2. The molecule has 8 radical (unpaired) electrons. The fourth-order valence-corrected chi connectivity index (χ4v) is 6.93. The number of fused-ring (bicyclic) bond motifs is 3. The van der Waals surface area contributed by atoms with E-state index in [-0.39, 0.29) is 16.5 Å². The highest BCUT2D eigenvalue weighted by Crippen LogP contribution is 2.54. The van der Waals surface area contributed by atoms with Gasteiger partial charge < -0.3 is 40.5 Å². The van der Waals surface area contributed by atoms with Crippen LogP contribution in [0.5, 0.6) is 51.7 Å². The molecule has 7 N–H and O–H groups in total. The number of phenols is 7. The first-order chi connectivity index (χ1) is 23.9. The smallest absolute Gasteiger partial charge is 0.200 e.